The highest BCUT2D eigenvalue weighted by Crippen LogP contribution is 2.30. The first kappa shape index (κ1) is 16.3. The van der Waals surface area contributed by atoms with Crippen molar-refractivity contribution in [2.75, 3.05) is 0 Å². The van der Waals surface area contributed by atoms with Crippen LogP contribution in [0.1, 0.15) is 37.8 Å². The van der Waals surface area contributed by atoms with Crippen molar-refractivity contribution in [3.05, 3.63) is 27.7 Å². The van der Waals surface area contributed by atoms with Gasteiger partial charge in [-0.1, -0.05) is 15.9 Å². The number of ether oxygens (including phenoxy) is 1. The summed E-state index contributed by atoms with van der Waals surface area (Å²) in [6.45, 7) is 5.73. The second-order valence-corrected chi connectivity index (χ2v) is 6.85. The molecule has 0 aromatic heterocycles. The molecule has 0 radical (unpaired) electrons. The van der Waals surface area contributed by atoms with E-state index in [0.29, 0.717) is 12.5 Å². The fourth-order valence-corrected chi connectivity index (χ4v) is 2.86. The van der Waals surface area contributed by atoms with Crippen LogP contribution < -0.4 is 15.8 Å². The van der Waals surface area contributed by atoms with E-state index in [1.165, 1.54) is 0 Å². The molecule has 1 aromatic carbocycles. The van der Waals surface area contributed by atoms with Gasteiger partial charge in [0.05, 0.1) is 0 Å². The highest BCUT2D eigenvalue weighted by Gasteiger charge is 2.27. The third-order valence-electron chi connectivity index (χ3n) is 3.45. The summed E-state index contributed by atoms with van der Waals surface area (Å²) in [4.78, 5) is 12.0. The van der Waals surface area contributed by atoms with Crippen molar-refractivity contribution in [3.8, 4) is 5.75 Å². The molecular formula is C16H23BrN2O2. The van der Waals surface area contributed by atoms with Crippen LogP contribution in [0, 0.1) is 6.92 Å². The highest BCUT2D eigenvalue weighted by molar-refractivity contribution is 9.10. The van der Waals surface area contributed by atoms with Crippen LogP contribution >= 0.6 is 15.9 Å². The molecule has 116 valence electrons. The van der Waals surface area contributed by atoms with E-state index in [2.05, 4.69) is 21.2 Å². The molecule has 2 atom stereocenters. The highest BCUT2D eigenvalue weighted by atomic mass is 79.9. The molecule has 1 aliphatic carbocycles. The summed E-state index contributed by atoms with van der Waals surface area (Å²) in [6, 6.07) is 4.39. The molecule has 0 spiro atoms. The van der Waals surface area contributed by atoms with Crippen molar-refractivity contribution in [3.63, 3.8) is 0 Å². The average Bonchev–Trinajstić information content (AvgIpc) is 3.16. The third-order valence-corrected chi connectivity index (χ3v) is 3.90. The van der Waals surface area contributed by atoms with Gasteiger partial charge in [-0.3, -0.25) is 4.79 Å². The van der Waals surface area contributed by atoms with E-state index in [-0.39, 0.29) is 11.9 Å². The molecule has 5 heteroatoms. The third kappa shape index (κ3) is 4.71. The fraction of sp³-hybridized carbons (Fsp3) is 0.562. The van der Waals surface area contributed by atoms with Crippen molar-refractivity contribution in [1.82, 2.24) is 5.32 Å². The van der Waals surface area contributed by atoms with E-state index in [1.807, 2.05) is 26.0 Å². The topological polar surface area (TPSA) is 64.3 Å². The SMILES string of the molecule is Cc1cc(Br)cc(CC(C)N)c1OC(C)C(=O)NC1CC1. The van der Waals surface area contributed by atoms with E-state index < -0.39 is 6.10 Å². The van der Waals surface area contributed by atoms with Crippen LogP contribution in [0.25, 0.3) is 0 Å². The Balaban J connectivity index is 2.14. The zero-order valence-electron chi connectivity index (χ0n) is 12.8. The molecule has 1 fully saturated rings. The monoisotopic (exact) mass is 354 g/mol. The summed E-state index contributed by atoms with van der Waals surface area (Å²) in [5.74, 6) is 0.723. The Hall–Kier alpha value is -1.07. The van der Waals surface area contributed by atoms with Crippen LogP contribution in [0.4, 0.5) is 0 Å². The molecule has 0 heterocycles. The number of halogens is 1. The van der Waals surface area contributed by atoms with Crippen molar-refractivity contribution in [2.24, 2.45) is 5.73 Å². The molecule has 2 unspecified atom stereocenters. The van der Waals surface area contributed by atoms with E-state index >= 15 is 0 Å². The molecule has 1 amide bonds. The minimum Gasteiger partial charge on any atom is -0.480 e. The Morgan fingerprint density at radius 1 is 1.48 bits per heavy atom. The molecule has 0 saturated heterocycles. The lowest BCUT2D eigenvalue weighted by molar-refractivity contribution is -0.127. The predicted molar refractivity (Wildman–Crippen MR) is 87.5 cm³/mol. The Morgan fingerprint density at radius 3 is 2.71 bits per heavy atom. The zero-order chi connectivity index (χ0) is 15.6. The molecule has 0 aliphatic heterocycles. The van der Waals surface area contributed by atoms with Gasteiger partial charge in [0.15, 0.2) is 6.10 Å². The number of rotatable bonds is 6. The first-order valence-corrected chi connectivity index (χ1v) is 8.17. The number of amides is 1. The van der Waals surface area contributed by atoms with Gasteiger partial charge < -0.3 is 15.8 Å². The van der Waals surface area contributed by atoms with Gasteiger partial charge in [-0.2, -0.15) is 0 Å². The summed E-state index contributed by atoms with van der Waals surface area (Å²) >= 11 is 3.50. The zero-order valence-corrected chi connectivity index (χ0v) is 14.4. The normalized spacial score (nSPS) is 17.2. The van der Waals surface area contributed by atoms with E-state index in [9.17, 15) is 4.79 Å². The van der Waals surface area contributed by atoms with Gasteiger partial charge in [0.25, 0.3) is 5.91 Å². The summed E-state index contributed by atoms with van der Waals surface area (Å²) in [5, 5.41) is 2.97. The van der Waals surface area contributed by atoms with Crippen LogP contribution in [0.5, 0.6) is 5.75 Å². The minimum absolute atomic E-state index is 0.0386. The minimum atomic E-state index is -0.502. The first-order chi connectivity index (χ1) is 9.86. The molecule has 4 nitrogen and oxygen atoms in total. The van der Waals surface area contributed by atoms with Gasteiger partial charge in [0, 0.05) is 16.6 Å². The molecular weight excluding hydrogens is 332 g/mol. The van der Waals surface area contributed by atoms with Gasteiger partial charge in [-0.05, 0) is 63.3 Å². The lowest BCUT2D eigenvalue weighted by Gasteiger charge is -2.20. The lowest BCUT2D eigenvalue weighted by atomic mass is 10.0. The molecule has 3 N–H and O–H groups in total. The Kier molecular flexibility index (Phi) is 5.27. The number of hydrogen-bond acceptors (Lipinski definition) is 3. The quantitative estimate of drug-likeness (QED) is 0.825. The number of carbonyl (C=O) groups is 1. The van der Waals surface area contributed by atoms with Crippen molar-refractivity contribution < 1.29 is 9.53 Å². The smallest absolute Gasteiger partial charge is 0.260 e. The molecule has 1 saturated carbocycles. The van der Waals surface area contributed by atoms with E-state index in [1.54, 1.807) is 6.92 Å². The first-order valence-electron chi connectivity index (χ1n) is 7.38. The van der Waals surface area contributed by atoms with Crippen molar-refractivity contribution >= 4 is 21.8 Å². The maximum absolute atomic E-state index is 12.0. The van der Waals surface area contributed by atoms with Gasteiger partial charge in [0.1, 0.15) is 5.75 Å². The Labute approximate surface area is 134 Å². The predicted octanol–water partition coefficient (Wildman–Crippen LogP) is 2.69. The van der Waals surface area contributed by atoms with Crippen LogP contribution in [0.3, 0.4) is 0 Å². The fourth-order valence-electron chi connectivity index (χ4n) is 2.24. The number of nitrogens with two attached hydrogens (primary N) is 1. The van der Waals surface area contributed by atoms with Gasteiger partial charge in [0.2, 0.25) is 0 Å². The second-order valence-electron chi connectivity index (χ2n) is 5.94. The van der Waals surface area contributed by atoms with Crippen LogP contribution in [-0.2, 0) is 11.2 Å². The van der Waals surface area contributed by atoms with Crippen LogP contribution in [0.2, 0.25) is 0 Å². The maximum Gasteiger partial charge on any atom is 0.260 e. The molecule has 1 aliphatic rings. The number of carbonyl (C=O) groups excluding carboxylic acids is 1. The standard InChI is InChI=1S/C16H23BrN2O2/c1-9-6-13(17)8-12(7-10(2)18)15(9)21-11(3)16(20)19-14-4-5-14/h6,8,10-11,14H,4-5,7,18H2,1-3H3,(H,19,20). The molecule has 1 aromatic rings. The van der Waals surface area contributed by atoms with Gasteiger partial charge in [-0.15, -0.1) is 0 Å². The Bertz CT molecular complexity index is 527. The summed E-state index contributed by atoms with van der Waals surface area (Å²) in [7, 11) is 0. The number of nitrogens with one attached hydrogen (secondary N) is 1. The summed E-state index contributed by atoms with van der Waals surface area (Å²) < 4.78 is 6.93. The summed E-state index contributed by atoms with van der Waals surface area (Å²) in [5.41, 5.74) is 7.94. The number of aryl methyl sites for hydroxylation is 1. The van der Waals surface area contributed by atoms with Crippen LogP contribution in [-0.4, -0.2) is 24.1 Å². The van der Waals surface area contributed by atoms with Gasteiger partial charge in [-0.25, -0.2) is 0 Å². The maximum atomic E-state index is 12.0. The molecule has 2 rings (SSSR count). The van der Waals surface area contributed by atoms with E-state index in [0.717, 1.165) is 34.2 Å². The van der Waals surface area contributed by atoms with E-state index in [4.69, 9.17) is 10.5 Å². The largest absolute Gasteiger partial charge is 0.480 e. The summed E-state index contributed by atoms with van der Waals surface area (Å²) in [6.07, 6.45) is 2.36. The second kappa shape index (κ2) is 6.79. The average molecular weight is 355 g/mol. The molecule has 0 bridgehead atoms. The molecule has 21 heavy (non-hydrogen) atoms. The van der Waals surface area contributed by atoms with Crippen molar-refractivity contribution in [2.45, 2.75) is 58.2 Å². The van der Waals surface area contributed by atoms with Crippen LogP contribution in [0.15, 0.2) is 16.6 Å². The van der Waals surface area contributed by atoms with Crippen molar-refractivity contribution in [1.29, 1.82) is 0 Å². The van der Waals surface area contributed by atoms with Gasteiger partial charge >= 0.3 is 0 Å². The lowest BCUT2D eigenvalue weighted by Crippen LogP contribution is -2.37. The number of benzene rings is 1. The Morgan fingerprint density at radius 2 is 2.14 bits per heavy atom. The number of hydrogen-bond donors (Lipinski definition) is 2.